The van der Waals surface area contributed by atoms with E-state index in [-0.39, 0.29) is 23.7 Å². The Labute approximate surface area is 173 Å². The molecule has 1 fully saturated rings. The van der Waals surface area contributed by atoms with E-state index in [2.05, 4.69) is 12.2 Å². The molecule has 0 saturated heterocycles. The summed E-state index contributed by atoms with van der Waals surface area (Å²) in [4.78, 5) is 0. The van der Waals surface area contributed by atoms with Crippen LogP contribution in [-0.4, -0.2) is 0 Å². The molecule has 0 heterocycles. The third-order valence-electron chi connectivity index (χ3n) is 6.58. The molecule has 0 bridgehead atoms. The third kappa shape index (κ3) is 3.72. The van der Waals surface area contributed by atoms with Gasteiger partial charge in [0.2, 0.25) is 0 Å². The first-order valence-corrected chi connectivity index (χ1v) is 10.6. The Bertz CT molecular complexity index is 929. The minimum atomic E-state index is -0.768. The first-order valence-electron chi connectivity index (χ1n) is 10.2. The highest BCUT2D eigenvalue weighted by molar-refractivity contribution is 6.30. The molecule has 2 aromatic carbocycles. The van der Waals surface area contributed by atoms with Crippen molar-refractivity contribution in [2.24, 2.45) is 11.8 Å². The molecule has 0 nitrogen and oxygen atoms in total. The molecule has 0 aromatic heterocycles. The lowest BCUT2D eigenvalue weighted by atomic mass is 9.58. The number of benzene rings is 2. The van der Waals surface area contributed by atoms with Crippen LogP contribution >= 0.6 is 11.6 Å². The number of allylic oxidation sites excluding steroid dienone is 2. The van der Waals surface area contributed by atoms with Gasteiger partial charge in [-0.25, -0.2) is 17.6 Å². The summed E-state index contributed by atoms with van der Waals surface area (Å²) in [5.41, 5.74) is 1.88. The predicted octanol–water partition coefficient (Wildman–Crippen LogP) is 7.70. The maximum atomic E-state index is 14.3. The lowest BCUT2D eigenvalue weighted by molar-refractivity contribution is 0.193. The molecule has 0 amide bonds. The molecule has 5 heteroatoms. The van der Waals surface area contributed by atoms with Crippen LogP contribution in [-0.2, 0) is 6.42 Å². The Morgan fingerprint density at radius 2 is 1.69 bits per heavy atom. The molecule has 0 spiro atoms. The molecule has 4 unspecified atom stereocenters. The number of hydrogen-bond donors (Lipinski definition) is 0. The van der Waals surface area contributed by atoms with Gasteiger partial charge in [-0.1, -0.05) is 30.7 Å². The van der Waals surface area contributed by atoms with Gasteiger partial charge in [-0.05, 0) is 90.7 Å². The quantitative estimate of drug-likeness (QED) is 0.270. The van der Waals surface area contributed by atoms with E-state index in [4.69, 9.17) is 11.6 Å². The molecule has 4 atom stereocenters. The summed E-state index contributed by atoms with van der Waals surface area (Å²) < 4.78 is 56.8. The zero-order chi connectivity index (χ0) is 20.7. The molecule has 4 rings (SSSR count). The van der Waals surface area contributed by atoms with Gasteiger partial charge in [0.25, 0.3) is 0 Å². The summed E-state index contributed by atoms with van der Waals surface area (Å²) >= 11 is 5.70. The summed E-state index contributed by atoms with van der Waals surface area (Å²) in [6.45, 7) is 2.04. The summed E-state index contributed by atoms with van der Waals surface area (Å²) in [5.74, 6) is -2.58. The van der Waals surface area contributed by atoms with E-state index < -0.39 is 28.3 Å². The van der Waals surface area contributed by atoms with Crippen molar-refractivity contribution >= 4 is 11.6 Å². The van der Waals surface area contributed by atoms with E-state index >= 15 is 0 Å². The number of fused-ring (bicyclic) bond motifs is 3. The van der Waals surface area contributed by atoms with Crippen LogP contribution in [0, 0.1) is 35.1 Å². The van der Waals surface area contributed by atoms with Crippen molar-refractivity contribution in [3.63, 3.8) is 0 Å². The smallest absolute Gasteiger partial charge is 0.145 e. The zero-order valence-electron chi connectivity index (χ0n) is 16.2. The average Bonchev–Trinajstić information content (AvgIpc) is 2.69. The van der Waals surface area contributed by atoms with Gasteiger partial charge < -0.3 is 0 Å². The number of hydrogen-bond acceptors (Lipinski definition) is 0. The fraction of sp³-hybridized carbons (Fsp3) is 0.417. The minimum absolute atomic E-state index is 0.0259. The standard InChI is InChI=1S/C24H23ClF4/c1-2-3-4-13-5-6-16-18(8-7-17-19(16)11-15(26)12-20(17)27)23(13)14-9-21(28)24(25)22(29)10-14/h3-4,9-13,16,18,23H,2,5-8H2,1H3. The van der Waals surface area contributed by atoms with Crippen molar-refractivity contribution in [2.75, 3.05) is 0 Å². The van der Waals surface area contributed by atoms with Crippen molar-refractivity contribution in [1.82, 2.24) is 0 Å². The Kier molecular flexibility index (Phi) is 5.74. The Hall–Kier alpha value is -1.81. The van der Waals surface area contributed by atoms with Gasteiger partial charge in [-0.15, -0.1) is 0 Å². The van der Waals surface area contributed by atoms with E-state index in [0.717, 1.165) is 30.9 Å². The molecule has 1 saturated carbocycles. The molecule has 0 radical (unpaired) electrons. The molecule has 2 aliphatic rings. The van der Waals surface area contributed by atoms with Gasteiger partial charge in [-0.2, -0.15) is 0 Å². The van der Waals surface area contributed by atoms with Crippen molar-refractivity contribution in [3.8, 4) is 0 Å². The highest BCUT2D eigenvalue weighted by Gasteiger charge is 2.43. The molecule has 154 valence electrons. The van der Waals surface area contributed by atoms with E-state index in [1.807, 2.05) is 6.92 Å². The molecule has 0 N–H and O–H groups in total. The van der Waals surface area contributed by atoms with Crippen LogP contribution in [0.2, 0.25) is 5.02 Å². The van der Waals surface area contributed by atoms with Crippen LogP contribution in [0.5, 0.6) is 0 Å². The van der Waals surface area contributed by atoms with E-state index in [0.29, 0.717) is 24.0 Å². The largest absolute Gasteiger partial charge is 0.207 e. The number of halogens is 5. The van der Waals surface area contributed by atoms with Crippen LogP contribution < -0.4 is 0 Å². The van der Waals surface area contributed by atoms with Gasteiger partial charge in [0.05, 0.1) is 0 Å². The SMILES string of the molecule is CCC=CC1CCC2c3cc(F)cc(F)c3CCC2C1c1cc(F)c(Cl)c(F)c1. The van der Waals surface area contributed by atoms with Gasteiger partial charge in [0, 0.05) is 6.07 Å². The maximum Gasteiger partial charge on any atom is 0.145 e. The zero-order valence-corrected chi connectivity index (χ0v) is 17.0. The first kappa shape index (κ1) is 20.5. The van der Waals surface area contributed by atoms with Crippen LogP contribution in [0.3, 0.4) is 0 Å². The van der Waals surface area contributed by atoms with E-state index in [1.54, 1.807) is 0 Å². The van der Waals surface area contributed by atoms with Crippen LogP contribution in [0.15, 0.2) is 36.4 Å². The topological polar surface area (TPSA) is 0 Å². The summed E-state index contributed by atoms with van der Waals surface area (Å²) in [6.07, 6.45) is 7.89. The maximum absolute atomic E-state index is 14.3. The van der Waals surface area contributed by atoms with E-state index in [9.17, 15) is 17.6 Å². The van der Waals surface area contributed by atoms with Crippen LogP contribution in [0.25, 0.3) is 0 Å². The first-order chi connectivity index (χ1) is 13.9. The van der Waals surface area contributed by atoms with Crippen molar-refractivity contribution in [1.29, 1.82) is 0 Å². The van der Waals surface area contributed by atoms with Gasteiger partial charge >= 0.3 is 0 Å². The second-order valence-corrected chi connectivity index (χ2v) is 8.54. The van der Waals surface area contributed by atoms with Crippen LogP contribution in [0.1, 0.15) is 61.1 Å². The van der Waals surface area contributed by atoms with Gasteiger partial charge in [0.1, 0.15) is 28.3 Å². The monoisotopic (exact) mass is 422 g/mol. The highest BCUT2D eigenvalue weighted by Crippen LogP contribution is 2.54. The Morgan fingerprint density at radius 1 is 0.966 bits per heavy atom. The summed E-state index contributed by atoms with van der Waals surface area (Å²) in [6, 6.07) is 5.04. The fourth-order valence-corrected chi connectivity index (χ4v) is 5.53. The minimum Gasteiger partial charge on any atom is -0.207 e. The van der Waals surface area contributed by atoms with Crippen molar-refractivity contribution in [2.45, 2.75) is 50.9 Å². The third-order valence-corrected chi connectivity index (χ3v) is 6.94. The molecule has 29 heavy (non-hydrogen) atoms. The van der Waals surface area contributed by atoms with Crippen molar-refractivity contribution < 1.29 is 17.6 Å². The molecule has 2 aromatic rings. The highest BCUT2D eigenvalue weighted by atomic mass is 35.5. The molecular weight excluding hydrogens is 400 g/mol. The molecule has 2 aliphatic carbocycles. The number of rotatable bonds is 3. The lowest BCUT2D eigenvalue weighted by Gasteiger charge is -2.46. The second-order valence-electron chi connectivity index (χ2n) is 8.17. The lowest BCUT2D eigenvalue weighted by Crippen LogP contribution is -2.35. The fourth-order valence-electron chi connectivity index (χ4n) is 5.42. The second kappa shape index (κ2) is 8.14. The predicted molar refractivity (Wildman–Crippen MR) is 107 cm³/mol. The van der Waals surface area contributed by atoms with Crippen LogP contribution in [0.4, 0.5) is 17.6 Å². The van der Waals surface area contributed by atoms with Crippen molar-refractivity contribution in [3.05, 3.63) is 81.4 Å². The molecule has 0 aliphatic heterocycles. The van der Waals surface area contributed by atoms with E-state index in [1.165, 1.54) is 18.2 Å². The normalized spacial score (nSPS) is 26.4. The van der Waals surface area contributed by atoms with Gasteiger partial charge in [0.15, 0.2) is 0 Å². The molecular formula is C24H23ClF4. The summed E-state index contributed by atoms with van der Waals surface area (Å²) in [5, 5.41) is -0.500. The summed E-state index contributed by atoms with van der Waals surface area (Å²) in [7, 11) is 0. The Balaban J connectivity index is 1.80. The average molecular weight is 423 g/mol. The van der Waals surface area contributed by atoms with Gasteiger partial charge in [-0.3, -0.25) is 0 Å². The Morgan fingerprint density at radius 3 is 2.38 bits per heavy atom.